The Bertz CT molecular complexity index is 1610. The Hall–Kier alpha value is -4.17. The minimum absolute atomic E-state index is 0.0429. The predicted octanol–water partition coefficient (Wildman–Crippen LogP) is 2.90. The first-order valence-corrected chi connectivity index (χ1v) is 13.7. The highest BCUT2D eigenvalue weighted by Gasteiger charge is 2.26. The zero-order valence-corrected chi connectivity index (χ0v) is 22.0. The smallest absolute Gasteiger partial charge is 0.321 e. The molecule has 0 atom stereocenters. The van der Waals surface area contributed by atoms with E-state index in [4.69, 9.17) is 9.47 Å². The van der Waals surface area contributed by atoms with E-state index in [0.717, 1.165) is 5.69 Å². The molecule has 2 aromatic heterocycles. The first-order chi connectivity index (χ1) is 17.5. The minimum Gasteiger partial charge on any atom is -0.481 e. The average Bonchev–Trinajstić information content (AvgIpc) is 3.18. The molecule has 0 spiro atoms. The molecule has 37 heavy (non-hydrogen) atoms. The van der Waals surface area contributed by atoms with Gasteiger partial charge in [-0.15, -0.1) is 0 Å². The van der Waals surface area contributed by atoms with Gasteiger partial charge in [-0.3, -0.25) is 9.44 Å². The van der Waals surface area contributed by atoms with Gasteiger partial charge in [-0.05, 0) is 50.2 Å². The summed E-state index contributed by atoms with van der Waals surface area (Å²) in [5, 5.41) is 4.38. The number of nitrogens with zero attached hydrogens (tertiary/aromatic N) is 4. The normalized spacial score (nSPS) is 11.7. The number of anilines is 2. The summed E-state index contributed by atoms with van der Waals surface area (Å²) in [5.41, 5.74) is 1.67. The van der Waals surface area contributed by atoms with E-state index in [0.29, 0.717) is 11.4 Å². The Morgan fingerprint density at radius 3 is 2.11 bits per heavy atom. The van der Waals surface area contributed by atoms with Crippen molar-refractivity contribution in [2.75, 3.05) is 23.7 Å². The van der Waals surface area contributed by atoms with E-state index in [2.05, 4.69) is 24.5 Å². The lowest BCUT2D eigenvalue weighted by Gasteiger charge is -2.11. The standard InChI is InChI=1S/C23H24N6O6S2/c1-15-22(16(2)29(26-15)18-8-6-5-7-9-18)37(32,33)27-17-10-12-19(13-11-17)36(30,31)28-20-14-21(34-3)25-23(24-20)35-4/h5-14,27H,1-4H3,(H,24,25,28). The van der Waals surface area contributed by atoms with Crippen molar-refractivity contribution in [1.29, 1.82) is 0 Å². The molecule has 2 aromatic carbocycles. The third-order valence-electron chi connectivity index (χ3n) is 5.22. The van der Waals surface area contributed by atoms with Gasteiger partial charge in [-0.1, -0.05) is 18.2 Å². The summed E-state index contributed by atoms with van der Waals surface area (Å²) in [7, 11) is -5.37. The van der Waals surface area contributed by atoms with Gasteiger partial charge < -0.3 is 9.47 Å². The Labute approximate surface area is 214 Å². The Kier molecular flexibility index (Phi) is 7.05. The lowest BCUT2D eigenvalue weighted by Crippen LogP contribution is -2.16. The molecule has 0 saturated carbocycles. The maximum absolute atomic E-state index is 13.2. The van der Waals surface area contributed by atoms with Gasteiger partial charge in [-0.25, -0.2) is 21.5 Å². The number of nitrogens with one attached hydrogen (secondary N) is 2. The first kappa shape index (κ1) is 25.9. The first-order valence-electron chi connectivity index (χ1n) is 10.8. The van der Waals surface area contributed by atoms with Crippen molar-refractivity contribution in [3.8, 4) is 17.6 Å². The van der Waals surface area contributed by atoms with Crippen LogP contribution in [-0.4, -0.2) is 50.8 Å². The molecule has 0 radical (unpaired) electrons. The number of hydrogen-bond donors (Lipinski definition) is 2. The Morgan fingerprint density at radius 2 is 1.49 bits per heavy atom. The Balaban J connectivity index is 1.56. The highest BCUT2D eigenvalue weighted by atomic mass is 32.2. The fourth-order valence-corrected chi connectivity index (χ4v) is 6.04. The van der Waals surface area contributed by atoms with E-state index in [1.807, 2.05) is 30.3 Å². The molecule has 194 valence electrons. The van der Waals surface area contributed by atoms with Crippen molar-refractivity contribution in [3.63, 3.8) is 0 Å². The van der Waals surface area contributed by atoms with Crippen molar-refractivity contribution in [2.24, 2.45) is 0 Å². The van der Waals surface area contributed by atoms with Gasteiger partial charge in [0.1, 0.15) is 4.90 Å². The van der Waals surface area contributed by atoms with Crippen LogP contribution in [-0.2, 0) is 20.0 Å². The molecule has 0 aliphatic heterocycles. The molecule has 2 N–H and O–H groups in total. The van der Waals surface area contributed by atoms with Gasteiger partial charge in [0, 0.05) is 11.8 Å². The lowest BCUT2D eigenvalue weighted by atomic mass is 10.3. The second kappa shape index (κ2) is 10.1. The van der Waals surface area contributed by atoms with E-state index < -0.39 is 20.0 Å². The number of sulfonamides is 2. The summed E-state index contributed by atoms with van der Waals surface area (Å²) < 4.78 is 68.4. The van der Waals surface area contributed by atoms with E-state index >= 15 is 0 Å². The van der Waals surface area contributed by atoms with Crippen LogP contribution in [0.1, 0.15) is 11.4 Å². The number of aromatic nitrogens is 4. The topological polar surface area (TPSA) is 154 Å². The van der Waals surface area contributed by atoms with E-state index in [9.17, 15) is 16.8 Å². The maximum Gasteiger partial charge on any atom is 0.321 e. The van der Waals surface area contributed by atoms with Crippen LogP contribution in [0.4, 0.5) is 11.5 Å². The summed E-state index contributed by atoms with van der Waals surface area (Å²) in [6.07, 6.45) is 0. The third kappa shape index (κ3) is 5.49. The molecule has 2 heterocycles. The number of ether oxygens (including phenoxy) is 2. The van der Waals surface area contributed by atoms with Crippen LogP contribution in [0.2, 0.25) is 0 Å². The van der Waals surface area contributed by atoms with Gasteiger partial charge in [0.15, 0.2) is 5.82 Å². The molecule has 0 unspecified atom stereocenters. The SMILES string of the molecule is COc1cc(NS(=O)(=O)c2ccc(NS(=O)(=O)c3c(C)nn(-c4ccccc4)c3C)cc2)nc(OC)n1. The van der Waals surface area contributed by atoms with Crippen LogP contribution >= 0.6 is 0 Å². The van der Waals surface area contributed by atoms with Crippen molar-refractivity contribution in [2.45, 2.75) is 23.6 Å². The van der Waals surface area contributed by atoms with Crippen molar-refractivity contribution < 1.29 is 26.3 Å². The van der Waals surface area contributed by atoms with Crippen molar-refractivity contribution in [1.82, 2.24) is 19.7 Å². The van der Waals surface area contributed by atoms with Crippen LogP contribution in [0.15, 0.2) is 70.5 Å². The molecular formula is C23H24N6O6S2. The molecule has 4 rings (SSSR count). The molecule has 4 aromatic rings. The number of hydrogen-bond acceptors (Lipinski definition) is 9. The largest absolute Gasteiger partial charge is 0.481 e. The molecule has 0 saturated heterocycles. The fraction of sp³-hybridized carbons (Fsp3) is 0.174. The number of benzene rings is 2. The quantitative estimate of drug-likeness (QED) is 0.324. The average molecular weight is 545 g/mol. The molecule has 14 heteroatoms. The molecule has 0 aliphatic rings. The predicted molar refractivity (Wildman–Crippen MR) is 136 cm³/mol. The summed E-state index contributed by atoms with van der Waals surface area (Å²) in [6, 6.07) is 15.6. The van der Waals surface area contributed by atoms with Crippen molar-refractivity contribution >= 4 is 31.6 Å². The molecule has 0 bridgehead atoms. The monoisotopic (exact) mass is 544 g/mol. The number of rotatable bonds is 9. The molecule has 0 amide bonds. The van der Waals surface area contributed by atoms with Gasteiger partial charge in [0.05, 0.1) is 36.2 Å². The number of methoxy groups -OCH3 is 2. The van der Waals surface area contributed by atoms with E-state index in [-0.39, 0.29) is 33.2 Å². The van der Waals surface area contributed by atoms with Crippen molar-refractivity contribution in [3.05, 3.63) is 72.1 Å². The zero-order chi connectivity index (χ0) is 26.8. The molecular weight excluding hydrogens is 520 g/mol. The minimum atomic E-state index is -4.06. The van der Waals surface area contributed by atoms with Crippen LogP contribution in [0.25, 0.3) is 5.69 Å². The summed E-state index contributed by atoms with van der Waals surface area (Å²) in [4.78, 5) is 7.79. The van der Waals surface area contributed by atoms with Crippen LogP contribution in [0.5, 0.6) is 11.9 Å². The molecule has 0 fully saturated rings. The third-order valence-corrected chi connectivity index (χ3v) is 8.23. The van der Waals surface area contributed by atoms with Gasteiger partial charge in [0.2, 0.25) is 5.88 Å². The second-order valence-corrected chi connectivity index (χ2v) is 11.1. The number of aryl methyl sites for hydroxylation is 1. The van der Waals surface area contributed by atoms with Crippen LogP contribution in [0, 0.1) is 13.8 Å². The van der Waals surface area contributed by atoms with Crippen LogP contribution in [0.3, 0.4) is 0 Å². The van der Waals surface area contributed by atoms with Gasteiger partial charge >= 0.3 is 6.01 Å². The van der Waals surface area contributed by atoms with Gasteiger partial charge in [0.25, 0.3) is 20.0 Å². The highest BCUT2D eigenvalue weighted by Crippen LogP contribution is 2.26. The lowest BCUT2D eigenvalue weighted by molar-refractivity contribution is 0.353. The van der Waals surface area contributed by atoms with Gasteiger partial charge in [-0.2, -0.15) is 15.1 Å². The maximum atomic E-state index is 13.2. The molecule has 12 nitrogen and oxygen atoms in total. The number of para-hydroxylation sites is 1. The summed E-state index contributed by atoms with van der Waals surface area (Å²) in [5.74, 6) is 0.0466. The zero-order valence-electron chi connectivity index (χ0n) is 20.3. The second-order valence-electron chi connectivity index (χ2n) is 7.76. The fourth-order valence-electron chi connectivity index (χ4n) is 3.59. The highest BCUT2D eigenvalue weighted by molar-refractivity contribution is 7.93. The summed E-state index contributed by atoms with van der Waals surface area (Å²) in [6.45, 7) is 3.28. The molecule has 0 aliphatic carbocycles. The van der Waals surface area contributed by atoms with E-state index in [1.54, 1.807) is 18.5 Å². The Morgan fingerprint density at radius 1 is 0.811 bits per heavy atom. The summed E-state index contributed by atoms with van der Waals surface area (Å²) >= 11 is 0. The van der Waals surface area contributed by atoms with E-state index in [1.165, 1.54) is 44.6 Å². The van der Waals surface area contributed by atoms with Crippen LogP contribution < -0.4 is 18.9 Å².